The summed E-state index contributed by atoms with van der Waals surface area (Å²) in [6.07, 6.45) is 0.367. The van der Waals surface area contributed by atoms with Gasteiger partial charge in [-0.2, -0.15) is 0 Å². The first-order valence-corrected chi connectivity index (χ1v) is 7.10. The quantitative estimate of drug-likeness (QED) is 0.609. The third kappa shape index (κ3) is 4.35. The average molecular weight is 356 g/mol. The molecular formula is C14H14ClN3O6. The SMILES string of the molecule is COC(=O)C(C)OC(=O)COc1cc(-c2ccc(Cl)cn2)n(O)n1. The zero-order chi connectivity index (χ0) is 17.7. The fourth-order valence-corrected chi connectivity index (χ4v) is 1.81. The number of ether oxygens (including phenoxy) is 3. The lowest BCUT2D eigenvalue weighted by atomic mass is 10.3. The lowest BCUT2D eigenvalue weighted by Crippen LogP contribution is -2.28. The number of carbonyl (C=O) groups excluding carboxylic acids is 2. The van der Waals surface area contributed by atoms with Crippen molar-refractivity contribution < 1.29 is 29.0 Å². The molecule has 2 rings (SSSR count). The van der Waals surface area contributed by atoms with Gasteiger partial charge in [0.1, 0.15) is 5.69 Å². The molecule has 0 aromatic carbocycles. The highest BCUT2D eigenvalue weighted by Gasteiger charge is 2.19. The van der Waals surface area contributed by atoms with Gasteiger partial charge in [-0.1, -0.05) is 21.5 Å². The molecule has 0 saturated carbocycles. The van der Waals surface area contributed by atoms with Crippen molar-refractivity contribution in [1.82, 2.24) is 14.9 Å². The number of rotatable bonds is 6. The summed E-state index contributed by atoms with van der Waals surface area (Å²) in [5.74, 6) is -1.49. The van der Waals surface area contributed by atoms with Crippen molar-refractivity contribution >= 4 is 23.5 Å². The highest BCUT2D eigenvalue weighted by Crippen LogP contribution is 2.22. The van der Waals surface area contributed by atoms with Crippen LogP contribution in [0.15, 0.2) is 24.4 Å². The van der Waals surface area contributed by atoms with E-state index in [1.165, 1.54) is 26.3 Å². The molecule has 0 radical (unpaired) electrons. The zero-order valence-electron chi connectivity index (χ0n) is 12.8. The molecule has 1 unspecified atom stereocenters. The van der Waals surface area contributed by atoms with Gasteiger partial charge in [0.15, 0.2) is 12.7 Å². The number of esters is 2. The van der Waals surface area contributed by atoms with E-state index in [0.717, 1.165) is 0 Å². The molecule has 0 spiro atoms. The van der Waals surface area contributed by atoms with Crippen LogP contribution in [0.2, 0.25) is 5.02 Å². The number of carbonyl (C=O) groups is 2. The summed E-state index contributed by atoms with van der Waals surface area (Å²) in [5.41, 5.74) is 0.657. The summed E-state index contributed by atoms with van der Waals surface area (Å²) in [4.78, 5) is 27.3. The molecule has 0 amide bonds. The molecule has 0 aliphatic rings. The van der Waals surface area contributed by atoms with Crippen molar-refractivity contribution in [3.8, 4) is 17.3 Å². The van der Waals surface area contributed by atoms with Gasteiger partial charge in [0.2, 0.25) is 5.88 Å². The molecule has 2 aromatic heterocycles. The molecule has 10 heteroatoms. The van der Waals surface area contributed by atoms with E-state index in [4.69, 9.17) is 21.1 Å². The van der Waals surface area contributed by atoms with Crippen LogP contribution in [0.4, 0.5) is 0 Å². The second kappa shape index (κ2) is 7.64. The van der Waals surface area contributed by atoms with Crippen LogP contribution >= 0.6 is 11.6 Å². The summed E-state index contributed by atoms with van der Waals surface area (Å²) >= 11 is 5.75. The minimum Gasteiger partial charge on any atom is -0.466 e. The summed E-state index contributed by atoms with van der Waals surface area (Å²) in [6.45, 7) is 0.877. The normalized spacial score (nSPS) is 11.6. The maximum absolute atomic E-state index is 11.6. The van der Waals surface area contributed by atoms with E-state index in [9.17, 15) is 14.8 Å². The lowest BCUT2D eigenvalue weighted by molar-refractivity contribution is -0.165. The van der Waals surface area contributed by atoms with Gasteiger partial charge in [-0.25, -0.2) is 9.59 Å². The molecule has 128 valence electrons. The van der Waals surface area contributed by atoms with Crippen molar-refractivity contribution in [1.29, 1.82) is 0 Å². The minimum absolute atomic E-state index is 0.0214. The number of pyridine rings is 1. The van der Waals surface area contributed by atoms with Crippen molar-refractivity contribution in [2.75, 3.05) is 13.7 Å². The number of halogens is 1. The highest BCUT2D eigenvalue weighted by atomic mass is 35.5. The van der Waals surface area contributed by atoms with Crippen LogP contribution in [0.5, 0.6) is 5.88 Å². The number of nitrogens with zero attached hydrogens (tertiary/aromatic N) is 3. The van der Waals surface area contributed by atoms with E-state index in [-0.39, 0.29) is 11.6 Å². The molecule has 1 atom stereocenters. The van der Waals surface area contributed by atoms with Crippen LogP contribution in [0, 0.1) is 0 Å². The van der Waals surface area contributed by atoms with Crippen LogP contribution < -0.4 is 4.74 Å². The first-order valence-electron chi connectivity index (χ1n) is 6.72. The molecule has 0 bridgehead atoms. The Bertz CT molecular complexity index is 731. The van der Waals surface area contributed by atoms with Crippen molar-refractivity contribution in [3.63, 3.8) is 0 Å². The Morgan fingerprint density at radius 3 is 2.79 bits per heavy atom. The van der Waals surface area contributed by atoms with E-state index in [1.807, 2.05) is 0 Å². The Balaban J connectivity index is 1.97. The van der Waals surface area contributed by atoms with Gasteiger partial charge >= 0.3 is 11.9 Å². The number of aromatic nitrogens is 3. The highest BCUT2D eigenvalue weighted by molar-refractivity contribution is 6.30. The first-order chi connectivity index (χ1) is 11.4. The summed E-state index contributed by atoms with van der Waals surface area (Å²) in [7, 11) is 1.18. The largest absolute Gasteiger partial charge is 0.466 e. The Kier molecular flexibility index (Phi) is 5.59. The third-order valence-electron chi connectivity index (χ3n) is 2.84. The monoisotopic (exact) mass is 355 g/mol. The van der Waals surface area contributed by atoms with Crippen molar-refractivity contribution in [3.05, 3.63) is 29.4 Å². The van der Waals surface area contributed by atoms with Gasteiger partial charge < -0.3 is 19.4 Å². The summed E-state index contributed by atoms with van der Waals surface area (Å²) in [6, 6.07) is 4.57. The zero-order valence-corrected chi connectivity index (χ0v) is 13.6. The second-order valence-corrected chi connectivity index (χ2v) is 5.00. The topological polar surface area (TPSA) is 113 Å². The second-order valence-electron chi connectivity index (χ2n) is 4.56. The average Bonchev–Trinajstić information content (AvgIpc) is 2.93. The van der Waals surface area contributed by atoms with Crippen LogP contribution in [0.25, 0.3) is 11.4 Å². The van der Waals surface area contributed by atoms with Gasteiger partial charge in [-0.15, -0.1) is 0 Å². The van der Waals surface area contributed by atoms with Gasteiger partial charge in [-0.3, -0.25) is 4.98 Å². The summed E-state index contributed by atoms with van der Waals surface area (Å²) in [5, 5.41) is 13.9. The number of hydrogen-bond acceptors (Lipinski definition) is 8. The molecule has 0 aliphatic carbocycles. The van der Waals surface area contributed by atoms with E-state index in [2.05, 4.69) is 14.8 Å². The fraction of sp³-hybridized carbons (Fsp3) is 0.286. The molecule has 0 aliphatic heterocycles. The number of methoxy groups -OCH3 is 1. The number of hydrogen-bond donors (Lipinski definition) is 1. The standard InChI is InChI=1S/C14H14ClN3O6/c1-8(14(20)22-2)24-13(19)7-23-12-5-11(18(21)17-12)10-4-3-9(15)6-16-10/h3-6,8,21H,7H2,1-2H3. The van der Waals surface area contributed by atoms with E-state index in [1.54, 1.807) is 12.1 Å². The van der Waals surface area contributed by atoms with Crippen LogP contribution in [-0.2, 0) is 19.1 Å². The van der Waals surface area contributed by atoms with Crippen molar-refractivity contribution in [2.24, 2.45) is 0 Å². The van der Waals surface area contributed by atoms with Gasteiger partial charge in [0.05, 0.1) is 17.8 Å². The first kappa shape index (κ1) is 17.5. The molecule has 2 heterocycles. The van der Waals surface area contributed by atoms with Crippen molar-refractivity contribution in [2.45, 2.75) is 13.0 Å². The van der Waals surface area contributed by atoms with E-state index >= 15 is 0 Å². The molecule has 0 fully saturated rings. The molecule has 24 heavy (non-hydrogen) atoms. The predicted molar refractivity (Wildman–Crippen MR) is 80.7 cm³/mol. The molecule has 0 saturated heterocycles. The Morgan fingerprint density at radius 1 is 1.42 bits per heavy atom. The van der Waals surface area contributed by atoms with Crippen LogP contribution in [0.3, 0.4) is 0 Å². The Morgan fingerprint density at radius 2 is 2.17 bits per heavy atom. The molecular weight excluding hydrogens is 342 g/mol. The summed E-state index contributed by atoms with van der Waals surface area (Å²) < 4.78 is 14.3. The minimum atomic E-state index is -1.05. The van der Waals surface area contributed by atoms with Gasteiger partial charge in [-0.05, 0) is 19.1 Å². The molecule has 1 N–H and O–H groups in total. The van der Waals surface area contributed by atoms with E-state index < -0.39 is 24.6 Å². The maximum Gasteiger partial charge on any atom is 0.346 e. The van der Waals surface area contributed by atoms with Gasteiger partial charge in [0.25, 0.3) is 0 Å². The van der Waals surface area contributed by atoms with E-state index in [0.29, 0.717) is 15.6 Å². The molecule has 9 nitrogen and oxygen atoms in total. The third-order valence-corrected chi connectivity index (χ3v) is 3.06. The van der Waals surface area contributed by atoms with Crippen LogP contribution in [0.1, 0.15) is 6.92 Å². The maximum atomic E-state index is 11.6. The fourth-order valence-electron chi connectivity index (χ4n) is 1.70. The van der Waals surface area contributed by atoms with Gasteiger partial charge in [0, 0.05) is 12.3 Å². The Hall–Kier alpha value is -2.81. The smallest absolute Gasteiger partial charge is 0.346 e. The van der Waals surface area contributed by atoms with Crippen LogP contribution in [-0.4, -0.2) is 51.9 Å². The lowest BCUT2D eigenvalue weighted by Gasteiger charge is -2.10. The predicted octanol–water partition coefficient (Wildman–Crippen LogP) is 1.32. The Labute approximate surface area is 141 Å². The molecule has 2 aromatic rings.